The van der Waals surface area contributed by atoms with Gasteiger partial charge in [-0.2, -0.15) is 0 Å². The van der Waals surface area contributed by atoms with Gasteiger partial charge in [0.1, 0.15) is 5.69 Å². The third kappa shape index (κ3) is 3.27. The predicted octanol–water partition coefficient (Wildman–Crippen LogP) is 1.44. The van der Waals surface area contributed by atoms with Gasteiger partial charge < -0.3 is 15.2 Å². The topological polar surface area (TPSA) is 71.5 Å². The Morgan fingerprint density at radius 1 is 1.61 bits per heavy atom. The van der Waals surface area contributed by atoms with E-state index in [9.17, 15) is 4.79 Å². The Labute approximate surface area is 106 Å². The quantitative estimate of drug-likeness (QED) is 0.827. The van der Waals surface area contributed by atoms with Gasteiger partial charge in [-0.1, -0.05) is 6.07 Å². The van der Waals surface area contributed by atoms with Crippen molar-refractivity contribution >= 4 is 5.97 Å². The lowest BCUT2D eigenvalue weighted by Gasteiger charge is -2.23. The summed E-state index contributed by atoms with van der Waals surface area (Å²) in [7, 11) is 0. The fraction of sp³-hybridized carbons (Fsp3) is 0.538. The Morgan fingerprint density at radius 2 is 2.44 bits per heavy atom. The fourth-order valence-corrected chi connectivity index (χ4v) is 2.13. The second kappa shape index (κ2) is 5.46. The van der Waals surface area contributed by atoms with Crippen molar-refractivity contribution in [3.63, 3.8) is 0 Å². The molecule has 1 saturated heterocycles. The van der Waals surface area contributed by atoms with Gasteiger partial charge in [-0.3, -0.25) is 0 Å². The van der Waals surface area contributed by atoms with Crippen LogP contribution in [-0.2, 0) is 11.3 Å². The van der Waals surface area contributed by atoms with E-state index in [1.54, 1.807) is 6.07 Å². The normalized spacial score (nSPS) is 23.2. The van der Waals surface area contributed by atoms with Crippen molar-refractivity contribution < 1.29 is 14.6 Å². The summed E-state index contributed by atoms with van der Waals surface area (Å²) >= 11 is 0. The van der Waals surface area contributed by atoms with Gasteiger partial charge in [0.05, 0.1) is 11.3 Å². The van der Waals surface area contributed by atoms with E-state index < -0.39 is 5.97 Å². The zero-order chi connectivity index (χ0) is 13.0. The molecule has 0 saturated carbocycles. The van der Waals surface area contributed by atoms with Crippen molar-refractivity contribution in [3.8, 4) is 0 Å². The molecular weight excluding hydrogens is 232 g/mol. The molecule has 1 aliphatic rings. The molecule has 0 spiro atoms. The average molecular weight is 250 g/mol. The maximum atomic E-state index is 10.8. The standard InChI is InChI=1S/C13H18N2O3/c1-13(6-3-7-18-13)9-14-8-10-4-2-5-11(15-10)12(16)17/h2,4-5,14H,3,6-9H2,1H3,(H,16,17). The number of rotatable bonds is 5. The van der Waals surface area contributed by atoms with Crippen LogP contribution in [-0.4, -0.2) is 34.8 Å². The Bertz CT molecular complexity index is 428. The molecule has 1 fully saturated rings. The molecule has 1 unspecified atom stereocenters. The number of hydrogen-bond donors (Lipinski definition) is 2. The average Bonchev–Trinajstić information content (AvgIpc) is 2.77. The molecule has 0 amide bonds. The van der Waals surface area contributed by atoms with E-state index in [4.69, 9.17) is 9.84 Å². The van der Waals surface area contributed by atoms with Gasteiger partial charge in [-0.15, -0.1) is 0 Å². The summed E-state index contributed by atoms with van der Waals surface area (Å²) in [6.45, 7) is 4.23. The van der Waals surface area contributed by atoms with Crippen molar-refractivity contribution in [2.24, 2.45) is 0 Å². The van der Waals surface area contributed by atoms with Crippen LogP contribution in [0.2, 0.25) is 0 Å². The second-order valence-corrected chi connectivity index (χ2v) is 4.82. The maximum absolute atomic E-state index is 10.8. The summed E-state index contributed by atoms with van der Waals surface area (Å²) in [6, 6.07) is 5.02. The molecule has 0 aliphatic carbocycles. The Kier molecular flexibility index (Phi) is 3.93. The monoisotopic (exact) mass is 250 g/mol. The van der Waals surface area contributed by atoms with E-state index in [1.165, 1.54) is 6.07 Å². The highest BCUT2D eigenvalue weighted by Crippen LogP contribution is 2.23. The number of carboxylic acids is 1. The highest BCUT2D eigenvalue weighted by Gasteiger charge is 2.28. The number of pyridine rings is 1. The molecule has 5 nitrogen and oxygen atoms in total. The molecule has 1 aliphatic heterocycles. The molecule has 2 heterocycles. The molecule has 0 bridgehead atoms. The first-order valence-electron chi connectivity index (χ1n) is 6.13. The van der Waals surface area contributed by atoms with E-state index in [2.05, 4.69) is 17.2 Å². The minimum Gasteiger partial charge on any atom is -0.477 e. The lowest BCUT2D eigenvalue weighted by atomic mass is 10.0. The van der Waals surface area contributed by atoms with Crippen LogP contribution in [0, 0.1) is 0 Å². The third-order valence-corrected chi connectivity index (χ3v) is 3.13. The fourth-order valence-electron chi connectivity index (χ4n) is 2.13. The molecule has 1 aromatic rings. The highest BCUT2D eigenvalue weighted by atomic mass is 16.5. The maximum Gasteiger partial charge on any atom is 0.354 e. The molecule has 0 aromatic carbocycles. The van der Waals surface area contributed by atoms with Gasteiger partial charge in [-0.25, -0.2) is 9.78 Å². The summed E-state index contributed by atoms with van der Waals surface area (Å²) in [5.41, 5.74) is 0.721. The van der Waals surface area contributed by atoms with Gasteiger partial charge in [0, 0.05) is 19.7 Å². The number of carboxylic acid groups (broad SMARTS) is 1. The first kappa shape index (κ1) is 13.0. The van der Waals surface area contributed by atoms with Gasteiger partial charge in [0.2, 0.25) is 0 Å². The van der Waals surface area contributed by atoms with Crippen LogP contribution in [0.25, 0.3) is 0 Å². The summed E-state index contributed by atoms with van der Waals surface area (Å²) in [4.78, 5) is 14.8. The van der Waals surface area contributed by atoms with E-state index in [-0.39, 0.29) is 11.3 Å². The van der Waals surface area contributed by atoms with Crippen LogP contribution in [0.5, 0.6) is 0 Å². The van der Waals surface area contributed by atoms with Crippen LogP contribution in [0.4, 0.5) is 0 Å². The van der Waals surface area contributed by atoms with Crippen LogP contribution in [0.15, 0.2) is 18.2 Å². The largest absolute Gasteiger partial charge is 0.477 e. The van der Waals surface area contributed by atoms with E-state index in [0.29, 0.717) is 6.54 Å². The van der Waals surface area contributed by atoms with Crippen LogP contribution in [0.3, 0.4) is 0 Å². The lowest BCUT2D eigenvalue weighted by molar-refractivity contribution is 0.0206. The van der Waals surface area contributed by atoms with Gasteiger partial charge in [-0.05, 0) is 31.9 Å². The minimum absolute atomic E-state index is 0.0811. The first-order chi connectivity index (χ1) is 8.59. The molecule has 98 valence electrons. The SMILES string of the molecule is CC1(CNCc2cccc(C(=O)O)n2)CCCO1. The second-order valence-electron chi connectivity index (χ2n) is 4.82. The number of nitrogens with zero attached hydrogens (tertiary/aromatic N) is 1. The van der Waals surface area contributed by atoms with Crippen molar-refractivity contribution in [2.75, 3.05) is 13.2 Å². The molecular formula is C13H18N2O3. The van der Waals surface area contributed by atoms with Crippen molar-refractivity contribution in [1.29, 1.82) is 0 Å². The number of aromatic carboxylic acids is 1. The van der Waals surface area contributed by atoms with Crippen LogP contribution in [0.1, 0.15) is 35.9 Å². The highest BCUT2D eigenvalue weighted by molar-refractivity contribution is 5.85. The smallest absolute Gasteiger partial charge is 0.354 e. The van der Waals surface area contributed by atoms with E-state index >= 15 is 0 Å². The molecule has 5 heteroatoms. The number of hydrogen-bond acceptors (Lipinski definition) is 4. The summed E-state index contributed by atoms with van der Waals surface area (Å²) in [5.74, 6) is -0.997. The Balaban J connectivity index is 1.86. The van der Waals surface area contributed by atoms with E-state index in [1.807, 2.05) is 6.07 Å². The number of ether oxygens (including phenoxy) is 1. The molecule has 1 atom stereocenters. The van der Waals surface area contributed by atoms with Crippen LogP contribution < -0.4 is 5.32 Å². The van der Waals surface area contributed by atoms with Crippen molar-refractivity contribution in [3.05, 3.63) is 29.6 Å². The first-order valence-corrected chi connectivity index (χ1v) is 6.13. The van der Waals surface area contributed by atoms with Gasteiger partial charge in [0.15, 0.2) is 0 Å². The van der Waals surface area contributed by atoms with Crippen LogP contribution >= 0.6 is 0 Å². The summed E-state index contributed by atoms with van der Waals surface area (Å²) in [6.07, 6.45) is 2.16. The molecule has 18 heavy (non-hydrogen) atoms. The number of carbonyl (C=O) groups is 1. The molecule has 1 aromatic heterocycles. The molecule has 2 rings (SSSR count). The minimum atomic E-state index is -0.997. The summed E-state index contributed by atoms with van der Waals surface area (Å²) in [5, 5.41) is 12.1. The zero-order valence-electron chi connectivity index (χ0n) is 10.5. The molecule has 2 N–H and O–H groups in total. The van der Waals surface area contributed by atoms with Crippen molar-refractivity contribution in [1.82, 2.24) is 10.3 Å². The van der Waals surface area contributed by atoms with Gasteiger partial charge in [0.25, 0.3) is 0 Å². The lowest BCUT2D eigenvalue weighted by Crippen LogP contribution is -2.37. The van der Waals surface area contributed by atoms with Crippen molar-refractivity contribution in [2.45, 2.75) is 31.9 Å². The Hall–Kier alpha value is -1.46. The number of nitrogens with one attached hydrogen (secondary N) is 1. The molecule has 0 radical (unpaired) electrons. The third-order valence-electron chi connectivity index (χ3n) is 3.13. The number of aromatic nitrogens is 1. The van der Waals surface area contributed by atoms with E-state index in [0.717, 1.165) is 31.7 Å². The Morgan fingerprint density at radius 3 is 3.11 bits per heavy atom. The van der Waals surface area contributed by atoms with Gasteiger partial charge >= 0.3 is 5.97 Å². The summed E-state index contributed by atoms with van der Waals surface area (Å²) < 4.78 is 5.66. The predicted molar refractivity (Wildman–Crippen MR) is 66.5 cm³/mol. The zero-order valence-corrected chi connectivity index (χ0v) is 10.5.